The molecule has 1 unspecified atom stereocenters. The molecule has 0 heterocycles. The molecule has 1 rings (SSSR count). The Hall–Kier alpha value is -2.02. The van der Waals surface area contributed by atoms with E-state index < -0.39 is 5.41 Å². The van der Waals surface area contributed by atoms with E-state index in [1.54, 1.807) is 6.92 Å². The molecule has 4 heteroatoms. The molecular formula is C14H19N3O. The van der Waals surface area contributed by atoms with Crippen LogP contribution in [0.3, 0.4) is 0 Å². The predicted molar refractivity (Wildman–Crippen MR) is 73.4 cm³/mol. The summed E-state index contributed by atoms with van der Waals surface area (Å²) in [6, 6.07) is 9.60. The molecular weight excluding hydrogens is 226 g/mol. The molecule has 1 amide bonds. The third-order valence-corrected chi connectivity index (χ3v) is 3.09. The van der Waals surface area contributed by atoms with Crippen LogP contribution in [0.15, 0.2) is 24.3 Å². The summed E-state index contributed by atoms with van der Waals surface area (Å²) in [5.41, 5.74) is 0.657. The summed E-state index contributed by atoms with van der Waals surface area (Å²) in [4.78, 5) is 14.0. The van der Waals surface area contributed by atoms with Crippen molar-refractivity contribution in [3.8, 4) is 6.07 Å². The maximum atomic E-state index is 12.1. The van der Waals surface area contributed by atoms with Crippen LogP contribution in [0.2, 0.25) is 0 Å². The molecule has 1 atom stereocenters. The fourth-order valence-electron chi connectivity index (χ4n) is 1.52. The molecule has 96 valence electrons. The molecule has 0 aliphatic carbocycles. The molecule has 0 radical (unpaired) electrons. The smallest absolute Gasteiger partial charge is 0.244 e. The summed E-state index contributed by atoms with van der Waals surface area (Å²) >= 11 is 0. The van der Waals surface area contributed by atoms with Gasteiger partial charge in [0.1, 0.15) is 5.41 Å². The van der Waals surface area contributed by atoms with Gasteiger partial charge in [-0.2, -0.15) is 5.26 Å². The second-order valence-electron chi connectivity index (χ2n) is 4.66. The Balaban J connectivity index is 2.99. The van der Waals surface area contributed by atoms with E-state index >= 15 is 0 Å². The summed E-state index contributed by atoms with van der Waals surface area (Å²) in [5.74, 6) is -0.262. The van der Waals surface area contributed by atoms with E-state index in [0.29, 0.717) is 6.42 Å². The highest BCUT2D eigenvalue weighted by Gasteiger charge is 2.31. The van der Waals surface area contributed by atoms with Gasteiger partial charge in [0.25, 0.3) is 0 Å². The number of rotatable bonds is 4. The highest BCUT2D eigenvalue weighted by atomic mass is 16.2. The van der Waals surface area contributed by atoms with E-state index in [2.05, 4.69) is 11.4 Å². The van der Waals surface area contributed by atoms with Gasteiger partial charge in [0.2, 0.25) is 5.91 Å². The van der Waals surface area contributed by atoms with E-state index in [1.807, 2.05) is 50.2 Å². The average molecular weight is 245 g/mol. The first-order valence-electron chi connectivity index (χ1n) is 5.93. The Bertz CT molecular complexity index is 476. The molecule has 4 nitrogen and oxygen atoms in total. The molecule has 0 saturated carbocycles. The molecule has 1 N–H and O–H groups in total. The van der Waals surface area contributed by atoms with Crippen LogP contribution in [-0.2, 0) is 4.79 Å². The SMILES string of the molecule is CCC(C)(C#N)C(=O)Nc1ccccc1N(C)C. The number of para-hydroxylation sites is 2. The first-order chi connectivity index (χ1) is 8.44. The van der Waals surface area contributed by atoms with Gasteiger partial charge in [0.05, 0.1) is 17.4 Å². The number of anilines is 2. The second-order valence-corrected chi connectivity index (χ2v) is 4.66. The number of benzene rings is 1. The van der Waals surface area contributed by atoms with E-state index in [-0.39, 0.29) is 5.91 Å². The van der Waals surface area contributed by atoms with Gasteiger partial charge < -0.3 is 10.2 Å². The molecule has 0 aromatic heterocycles. The summed E-state index contributed by atoms with van der Waals surface area (Å²) in [7, 11) is 3.82. The minimum absolute atomic E-state index is 0.262. The maximum Gasteiger partial charge on any atom is 0.244 e. The van der Waals surface area contributed by atoms with Crippen molar-refractivity contribution in [3.05, 3.63) is 24.3 Å². The Morgan fingerprint density at radius 2 is 2.06 bits per heavy atom. The highest BCUT2D eigenvalue weighted by Crippen LogP contribution is 2.27. The van der Waals surface area contributed by atoms with Crippen molar-refractivity contribution >= 4 is 17.3 Å². The summed E-state index contributed by atoms with van der Waals surface area (Å²) in [5, 5.41) is 11.9. The van der Waals surface area contributed by atoms with Gasteiger partial charge in [0, 0.05) is 14.1 Å². The second kappa shape index (κ2) is 5.54. The molecule has 18 heavy (non-hydrogen) atoms. The third-order valence-electron chi connectivity index (χ3n) is 3.09. The van der Waals surface area contributed by atoms with Gasteiger partial charge in [0.15, 0.2) is 0 Å². The fraction of sp³-hybridized carbons (Fsp3) is 0.429. The quantitative estimate of drug-likeness (QED) is 0.887. The number of amides is 1. The zero-order valence-electron chi connectivity index (χ0n) is 11.3. The molecule has 0 saturated heterocycles. The summed E-state index contributed by atoms with van der Waals surface area (Å²) in [6.07, 6.45) is 0.486. The number of nitrogens with one attached hydrogen (secondary N) is 1. The van der Waals surface area contributed by atoms with Gasteiger partial charge in [-0.15, -0.1) is 0 Å². The van der Waals surface area contributed by atoms with Crippen molar-refractivity contribution < 1.29 is 4.79 Å². The lowest BCUT2D eigenvalue weighted by Gasteiger charge is -2.22. The number of carbonyl (C=O) groups is 1. The zero-order chi connectivity index (χ0) is 13.8. The molecule has 0 bridgehead atoms. The van der Waals surface area contributed by atoms with E-state index in [1.165, 1.54) is 0 Å². The predicted octanol–water partition coefficient (Wildman–Crippen LogP) is 2.63. The maximum absolute atomic E-state index is 12.1. The monoisotopic (exact) mass is 245 g/mol. The van der Waals surface area contributed by atoms with Crippen molar-refractivity contribution in [2.45, 2.75) is 20.3 Å². The average Bonchev–Trinajstić information content (AvgIpc) is 2.38. The van der Waals surface area contributed by atoms with Crippen LogP contribution in [0.4, 0.5) is 11.4 Å². The number of carbonyl (C=O) groups excluding carboxylic acids is 1. The van der Waals surface area contributed by atoms with Crippen molar-refractivity contribution in [2.24, 2.45) is 5.41 Å². The molecule has 1 aromatic carbocycles. The minimum atomic E-state index is -0.987. The summed E-state index contributed by atoms with van der Waals surface area (Å²) < 4.78 is 0. The Morgan fingerprint density at radius 3 is 2.56 bits per heavy atom. The number of hydrogen-bond donors (Lipinski definition) is 1. The van der Waals surface area contributed by atoms with Crippen LogP contribution in [0.5, 0.6) is 0 Å². The molecule has 0 aliphatic heterocycles. The van der Waals surface area contributed by atoms with Gasteiger partial charge in [-0.3, -0.25) is 4.79 Å². The topological polar surface area (TPSA) is 56.1 Å². The summed E-state index contributed by atoms with van der Waals surface area (Å²) in [6.45, 7) is 3.49. The zero-order valence-corrected chi connectivity index (χ0v) is 11.3. The largest absolute Gasteiger partial charge is 0.376 e. The number of hydrogen-bond acceptors (Lipinski definition) is 3. The van der Waals surface area contributed by atoms with Crippen molar-refractivity contribution in [1.29, 1.82) is 5.26 Å². The van der Waals surface area contributed by atoms with Crippen LogP contribution in [0.25, 0.3) is 0 Å². The highest BCUT2D eigenvalue weighted by molar-refractivity contribution is 5.99. The molecule has 1 aromatic rings. The third kappa shape index (κ3) is 2.80. The van der Waals surface area contributed by atoms with Crippen molar-refractivity contribution in [2.75, 3.05) is 24.3 Å². The normalized spacial score (nSPS) is 13.3. The van der Waals surface area contributed by atoms with Crippen LogP contribution in [0.1, 0.15) is 20.3 Å². The lowest BCUT2D eigenvalue weighted by molar-refractivity contribution is -0.122. The van der Waals surface area contributed by atoms with Crippen molar-refractivity contribution in [1.82, 2.24) is 0 Å². The van der Waals surface area contributed by atoms with Crippen molar-refractivity contribution in [3.63, 3.8) is 0 Å². The van der Waals surface area contributed by atoms with Gasteiger partial charge in [-0.1, -0.05) is 19.1 Å². The van der Waals surface area contributed by atoms with Crippen LogP contribution in [0, 0.1) is 16.7 Å². The van der Waals surface area contributed by atoms with E-state index in [4.69, 9.17) is 5.26 Å². The lowest BCUT2D eigenvalue weighted by atomic mass is 9.88. The van der Waals surface area contributed by atoms with E-state index in [0.717, 1.165) is 11.4 Å². The minimum Gasteiger partial charge on any atom is -0.376 e. The van der Waals surface area contributed by atoms with Crippen LogP contribution in [-0.4, -0.2) is 20.0 Å². The molecule has 0 spiro atoms. The Labute approximate surface area is 108 Å². The first kappa shape index (κ1) is 14.0. The van der Waals surface area contributed by atoms with Gasteiger partial charge >= 0.3 is 0 Å². The standard InChI is InChI=1S/C14H19N3O/c1-5-14(2,10-15)13(18)16-11-8-6-7-9-12(11)17(3)4/h6-9H,5H2,1-4H3,(H,16,18). The van der Waals surface area contributed by atoms with Crippen LogP contribution < -0.4 is 10.2 Å². The van der Waals surface area contributed by atoms with Gasteiger partial charge in [-0.25, -0.2) is 0 Å². The van der Waals surface area contributed by atoms with Crippen LogP contribution >= 0.6 is 0 Å². The molecule has 0 fully saturated rings. The molecule has 0 aliphatic rings. The van der Waals surface area contributed by atoms with E-state index in [9.17, 15) is 4.79 Å². The Kier molecular flexibility index (Phi) is 4.33. The lowest BCUT2D eigenvalue weighted by Crippen LogP contribution is -2.32. The number of nitrogens with zero attached hydrogens (tertiary/aromatic N) is 2. The first-order valence-corrected chi connectivity index (χ1v) is 5.93. The number of nitriles is 1. The fourth-order valence-corrected chi connectivity index (χ4v) is 1.52. The Morgan fingerprint density at radius 1 is 1.44 bits per heavy atom. The van der Waals surface area contributed by atoms with Gasteiger partial charge in [-0.05, 0) is 25.5 Å².